The van der Waals surface area contributed by atoms with Crippen LogP contribution < -0.4 is 5.32 Å². The van der Waals surface area contributed by atoms with Gasteiger partial charge in [0.2, 0.25) is 0 Å². The van der Waals surface area contributed by atoms with Gasteiger partial charge in [0.25, 0.3) is 0 Å². The lowest BCUT2D eigenvalue weighted by atomic mass is 10.1. The van der Waals surface area contributed by atoms with Gasteiger partial charge in [-0.2, -0.15) is 0 Å². The minimum Gasteiger partial charge on any atom is -0.395 e. The Morgan fingerprint density at radius 1 is 1.50 bits per heavy atom. The zero-order valence-electron chi connectivity index (χ0n) is 11.1. The SMILES string of the molecule is Cc1cncc(CN(CCO)CC2CCCN2)c1. The van der Waals surface area contributed by atoms with Crippen molar-refractivity contribution in [3.8, 4) is 0 Å². The number of nitrogens with zero attached hydrogens (tertiary/aromatic N) is 2. The Bertz CT molecular complexity index is 364. The van der Waals surface area contributed by atoms with Crippen molar-refractivity contribution in [1.82, 2.24) is 15.2 Å². The Balaban J connectivity index is 1.92. The van der Waals surface area contributed by atoms with Crippen molar-refractivity contribution in [3.05, 3.63) is 29.6 Å². The summed E-state index contributed by atoms with van der Waals surface area (Å²) in [6.07, 6.45) is 6.30. The van der Waals surface area contributed by atoms with Gasteiger partial charge in [-0.3, -0.25) is 9.88 Å². The van der Waals surface area contributed by atoms with E-state index in [-0.39, 0.29) is 6.61 Å². The predicted octanol–water partition coefficient (Wildman–Crippen LogP) is 0.936. The molecule has 1 aliphatic rings. The van der Waals surface area contributed by atoms with E-state index in [0.717, 1.165) is 26.2 Å². The molecule has 1 aromatic heterocycles. The Hall–Kier alpha value is -0.970. The van der Waals surface area contributed by atoms with E-state index in [9.17, 15) is 0 Å². The molecular weight excluding hydrogens is 226 g/mol. The molecule has 0 bridgehead atoms. The number of nitrogens with one attached hydrogen (secondary N) is 1. The first-order valence-corrected chi connectivity index (χ1v) is 6.75. The zero-order valence-corrected chi connectivity index (χ0v) is 11.1. The van der Waals surface area contributed by atoms with Gasteiger partial charge in [-0.05, 0) is 37.4 Å². The van der Waals surface area contributed by atoms with E-state index >= 15 is 0 Å². The number of hydrogen-bond donors (Lipinski definition) is 2. The third kappa shape index (κ3) is 4.05. The van der Waals surface area contributed by atoms with Crippen LogP contribution in [0.15, 0.2) is 18.5 Å². The number of pyridine rings is 1. The summed E-state index contributed by atoms with van der Waals surface area (Å²) in [6.45, 7) is 6.01. The molecule has 0 radical (unpaired) electrons. The maximum absolute atomic E-state index is 9.17. The molecule has 1 aromatic rings. The summed E-state index contributed by atoms with van der Waals surface area (Å²) in [7, 11) is 0. The van der Waals surface area contributed by atoms with Gasteiger partial charge in [0.05, 0.1) is 6.61 Å². The fourth-order valence-electron chi connectivity index (χ4n) is 2.56. The molecule has 1 unspecified atom stereocenters. The number of rotatable bonds is 6. The molecule has 1 saturated heterocycles. The molecule has 0 aromatic carbocycles. The summed E-state index contributed by atoms with van der Waals surface area (Å²) in [6, 6.07) is 2.74. The van der Waals surface area contributed by atoms with Gasteiger partial charge in [-0.15, -0.1) is 0 Å². The van der Waals surface area contributed by atoms with Crippen molar-refractivity contribution in [1.29, 1.82) is 0 Å². The first-order valence-electron chi connectivity index (χ1n) is 6.75. The number of aromatic nitrogens is 1. The van der Waals surface area contributed by atoms with Crippen LogP contribution in [0.4, 0.5) is 0 Å². The van der Waals surface area contributed by atoms with E-state index in [2.05, 4.69) is 28.2 Å². The monoisotopic (exact) mass is 249 g/mol. The van der Waals surface area contributed by atoms with Crippen LogP contribution in [0.3, 0.4) is 0 Å². The first-order chi connectivity index (χ1) is 8.78. The topological polar surface area (TPSA) is 48.4 Å². The standard InChI is InChI=1S/C14H23N3O/c1-12-7-13(9-15-8-12)10-17(5-6-18)11-14-3-2-4-16-14/h7-9,14,16,18H,2-6,10-11H2,1H3. The maximum atomic E-state index is 9.17. The number of hydrogen-bond acceptors (Lipinski definition) is 4. The quantitative estimate of drug-likeness (QED) is 0.787. The molecule has 0 aliphatic carbocycles. The lowest BCUT2D eigenvalue weighted by molar-refractivity contribution is 0.179. The van der Waals surface area contributed by atoms with E-state index in [1.807, 2.05) is 12.4 Å². The molecule has 0 saturated carbocycles. The third-order valence-electron chi connectivity index (χ3n) is 3.39. The van der Waals surface area contributed by atoms with Crippen LogP contribution >= 0.6 is 0 Å². The fourth-order valence-corrected chi connectivity index (χ4v) is 2.56. The van der Waals surface area contributed by atoms with E-state index in [0.29, 0.717) is 6.04 Å². The van der Waals surface area contributed by atoms with E-state index in [4.69, 9.17) is 5.11 Å². The van der Waals surface area contributed by atoms with Gasteiger partial charge in [0, 0.05) is 38.1 Å². The van der Waals surface area contributed by atoms with Gasteiger partial charge >= 0.3 is 0 Å². The number of aliphatic hydroxyl groups is 1. The Morgan fingerprint density at radius 3 is 3.06 bits per heavy atom. The van der Waals surface area contributed by atoms with Crippen LogP contribution in [-0.4, -0.2) is 47.3 Å². The highest BCUT2D eigenvalue weighted by atomic mass is 16.3. The van der Waals surface area contributed by atoms with Gasteiger partial charge < -0.3 is 10.4 Å². The second-order valence-electron chi connectivity index (χ2n) is 5.12. The molecule has 1 atom stereocenters. The highest BCUT2D eigenvalue weighted by molar-refractivity contribution is 5.16. The molecule has 0 spiro atoms. The van der Waals surface area contributed by atoms with Crippen LogP contribution in [0.5, 0.6) is 0 Å². The molecule has 4 heteroatoms. The number of aryl methyl sites for hydroxylation is 1. The van der Waals surface area contributed by atoms with Crippen molar-refractivity contribution in [2.75, 3.05) is 26.2 Å². The Kier molecular flexibility index (Phi) is 5.11. The Morgan fingerprint density at radius 2 is 2.39 bits per heavy atom. The van der Waals surface area contributed by atoms with Crippen LogP contribution in [0.2, 0.25) is 0 Å². The average molecular weight is 249 g/mol. The highest BCUT2D eigenvalue weighted by Crippen LogP contribution is 2.10. The van der Waals surface area contributed by atoms with Gasteiger partial charge in [-0.25, -0.2) is 0 Å². The van der Waals surface area contributed by atoms with Crippen molar-refractivity contribution in [3.63, 3.8) is 0 Å². The van der Waals surface area contributed by atoms with Crippen LogP contribution in [-0.2, 0) is 6.54 Å². The fraction of sp³-hybridized carbons (Fsp3) is 0.643. The van der Waals surface area contributed by atoms with Crippen LogP contribution in [0.25, 0.3) is 0 Å². The molecule has 4 nitrogen and oxygen atoms in total. The molecule has 18 heavy (non-hydrogen) atoms. The summed E-state index contributed by atoms with van der Waals surface area (Å²) in [4.78, 5) is 6.53. The van der Waals surface area contributed by atoms with E-state index in [1.54, 1.807) is 0 Å². The summed E-state index contributed by atoms with van der Waals surface area (Å²) in [5.74, 6) is 0. The van der Waals surface area contributed by atoms with E-state index < -0.39 is 0 Å². The average Bonchev–Trinajstić information content (AvgIpc) is 2.82. The number of aliphatic hydroxyl groups excluding tert-OH is 1. The summed E-state index contributed by atoms with van der Waals surface area (Å²) in [5.41, 5.74) is 2.41. The highest BCUT2D eigenvalue weighted by Gasteiger charge is 2.17. The molecule has 2 rings (SSSR count). The van der Waals surface area contributed by atoms with Gasteiger partial charge in [-0.1, -0.05) is 6.07 Å². The largest absolute Gasteiger partial charge is 0.395 e. The second-order valence-corrected chi connectivity index (χ2v) is 5.12. The second kappa shape index (κ2) is 6.83. The molecule has 100 valence electrons. The molecule has 2 heterocycles. The maximum Gasteiger partial charge on any atom is 0.0558 e. The van der Waals surface area contributed by atoms with E-state index in [1.165, 1.54) is 24.0 Å². The van der Waals surface area contributed by atoms with Crippen molar-refractivity contribution < 1.29 is 5.11 Å². The first kappa shape index (κ1) is 13.5. The minimum absolute atomic E-state index is 0.214. The summed E-state index contributed by atoms with van der Waals surface area (Å²) >= 11 is 0. The molecule has 2 N–H and O–H groups in total. The van der Waals surface area contributed by atoms with Gasteiger partial charge in [0.1, 0.15) is 0 Å². The van der Waals surface area contributed by atoms with Crippen molar-refractivity contribution in [2.24, 2.45) is 0 Å². The van der Waals surface area contributed by atoms with Crippen LogP contribution in [0, 0.1) is 6.92 Å². The molecular formula is C14H23N3O. The predicted molar refractivity (Wildman–Crippen MR) is 72.4 cm³/mol. The smallest absolute Gasteiger partial charge is 0.0558 e. The minimum atomic E-state index is 0.214. The van der Waals surface area contributed by atoms with Gasteiger partial charge in [0.15, 0.2) is 0 Å². The van der Waals surface area contributed by atoms with Crippen LogP contribution in [0.1, 0.15) is 24.0 Å². The molecule has 0 amide bonds. The lowest BCUT2D eigenvalue weighted by Gasteiger charge is -2.24. The molecule has 1 aliphatic heterocycles. The van der Waals surface area contributed by atoms with Crippen molar-refractivity contribution in [2.45, 2.75) is 32.4 Å². The third-order valence-corrected chi connectivity index (χ3v) is 3.39. The normalized spacial score (nSPS) is 19.6. The van der Waals surface area contributed by atoms with Crippen molar-refractivity contribution >= 4 is 0 Å². The summed E-state index contributed by atoms with van der Waals surface area (Å²) < 4.78 is 0. The molecule has 1 fully saturated rings. The lowest BCUT2D eigenvalue weighted by Crippen LogP contribution is -2.38. The Labute approximate surface area is 109 Å². The summed E-state index contributed by atoms with van der Waals surface area (Å²) in [5, 5.41) is 12.7. The zero-order chi connectivity index (χ0) is 12.8.